The van der Waals surface area contributed by atoms with Gasteiger partial charge in [0.1, 0.15) is 17.2 Å². The van der Waals surface area contributed by atoms with Crippen molar-refractivity contribution < 1.29 is 0 Å². The minimum atomic E-state index is -0.585. The van der Waals surface area contributed by atoms with Gasteiger partial charge in [-0.25, -0.2) is 9.98 Å². The Balaban J connectivity index is 1.07. The smallest absolute Gasteiger partial charge is 0.158 e. The van der Waals surface area contributed by atoms with Crippen molar-refractivity contribution in [1.29, 1.82) is 0 Å². The number of benzene rings is 7. The molecule has 0 bridgehead atoms. The van der Waals surface area contributed by atoms with Crippen LogP contribution in [0.4, 0.5) is 0 Å². The number of fused-ring (bicyclic) bond motifs is 9. The first-order valence-corrected chi connectivity index (χ1v) is 20.7. The van der Waals surface area contributed by atoms with E-state index in [1.54, 1.807) is 0 Å². The SMILES string of the molecule is NC(=N/C(=C(\N)c1ccccc1)c1ccccc1)c1ccc2c(c1)C1(C3=C2C=CC(c2nnc(-c4ccccc4)c(-c4ccccc4)n2)C3)c2ccccc2-c2ccccc21. The van der Waals surface area contributed by atoms with Gasteiger partial charge in [-0.05, 0) is 62.6 Å². The van der Waals surface area contributed by atoms with Crippen LogP contribution in [0.15, 0.2) is 211 Å². The molecule has 0 aliphatic heterocycles. The lowest BCUT2D eigenvalue weighted by Gasteiger charge is -2.35. The van der Waals surface area contributed by atoms with E-state index < -0.39 is 5.41 Å². The highest BCUT2D eigenvalue weighted by atomic mass is 15.2. The summed E-state index contributed by atoms with van der Waals surface area (Å²) in [5.74, 6) is 0.968. The first-order chi connectivity index (χ1) is 30.1. The average molecular weight is 785 g/mol. The van der Waals surface area contributed by atoms with Gasteiger partial charge in [-0.3, -0.25) is 0 Å². The highest BCUT2D eigenvalue weighted by Crippen LogP contribution is 2.64. The molecule has 11 rings (SSSR count). The number of hydrogen-bond acceptors (Lipinski definition) is 5. The molecule has 1 spiro atoms. The molecular formula is C55H40N6. The van der Waals surface area contributed by atoms with Gasteiger partial charge in [-0.15, -0.1) is 10.2 Å². The average Bonchev–Trinajstić information content (AvgIpc) is 3.80. The lowest BCUT2D eigenvalue weighted by molar-refractivity contribution is 0.650. The third-order valence-corrected chi connectivity index (χ3v) is 12.4. The summed E-state index contributed by atoms with van der Waals surface area (Å²) in [5, 5.41) is 9.77. The van der Waals surface area contributed by atoms with E-state index in [4.69, 9.17) is 31.6 Å². The van der Waals surface area contributed by atoms with Crippen LogP contribution >= 0.6 is 0 Å². The number of amidine groups is 1. The van der Waals surface area contributed by atoms with E-state index in [9.17, 15) is 0 Å². The monoisotopic (exact) mass is 784 g/mol. The summed E-state index contributed by atoms with van der Waals surface area (Å²) in [4.78, 5) is 10.5. The standard InChI is InChI=1S/C55H40N6/c56-49(35-17-5-1-6-18-35)50(36-19-7-2-8-20-36)58-53(57)39-29-31-43-44-32-30-40(54-59-51(37-21-9-3-10-22-37)52(60-61-54)38-23-11-4-12-24-38)34-48(44)55(47(43)33-39)45-27-15-13-25-41(45)42-26-14-16-28-46(42)55/h1-33,40H,34,56H2,(H2,57,58)/b50-49-. The summed E-state index contributed by atoms with van der Waals surface area (Å²) in [6.45, 7) is 0. The first kappa shape index (κ1) is 36.1. The Morgan fingerprint density at radius 1 is 0.525 bits per heavy atom. The lowest BCUT2D eigenvalue weighted by atomic mass is 9.67. The zero-order chi connectivity index (χ0) is 40.9. The zero-order valence-corrected chi connectivity index (χ0v) is 33.3. The number of aromatic nitrogens is 3. The molecule has 6 heteroatoms. The predicted molar refractivity (Wildman–Crippen MR) is 247 cm³/mol. The molecule has 61 heavy (non-hydrogen) atoms. The molecule has 6 nitrogen and oxygen atoms in total. The van der Waals surface area contributed by atoms with Gasteiger partial charge < -0.3 is 11.5 Å². The number of aliphatic imine (C=N–C) groups is 1. The molecule has 1 heterocycles. The van der Waals surface area contributed by atoms with E-state index in [0.29, 0.717) is 29.5 Å². The third kappa shape index (κ3) is 5.87. The normalized spacial score (nSPS) is 16.1. The molecule has 3 aliphatic rings. The second kappa shape index (κ2) is 14.7. The van der Waals surface area contributed by atoms with Gasteiger partial charge >= 0.3 is 0 Å². The molecule has 0 radical (unpaired) electrons. The van der Waals surface area contributed by atoms with Crippen LogP contribution in [-0.4, -0.2) is 21.0 Å². The largest absolute Gasteiger partial charge is 0.396 e. The van der Waals surface area contributed by atoms with E-state index in [2.05, 4.69) is 103 Å². The van der Waals surface area contributed by atoms with Crippen molar-refractivity contribution >= 4 is 22.8 Å². The van der Waals surface area contributed by atoms with Crippen molar-refractivity contribution in [3.05, 3.63) is 251 Å². The number of rotatable bonds is 7. The van der Waals surface area contributed by atoms with Crippen LogP contribution in [0.1, 0.15) is 57.1 Å². The van der Waals surface area contributed by atoms with Gasteiger partial charge in [0.15, 0.2) is 5.82 Å². The summed E-state index contributed by atoms with van der Waals surface area (Å²) < 4.78 is 0. The molecule has 8 aromatic rings. The van der Waals surface area contributed by atoms with Gasteiger partial charge in [0, 0.05) is 28.2 Å². The molecule has 1 unspecified atom stereocenters. The van der Waals surface area contributed by atoms with E-state index in [1.807, 2.05) is 97.1 Å². The molecule has 0 saturated heterocycles. The Kier molecular flexibility index (Phi) is 8.71. The number of nitrogens with two attached hydrogens (primary N) is 2. The molecule has 0 saturated carbocycles. The lowest BCUT2D eigenvalue weighted by Crippen LogP contribution is -2.29. The minimum absolute atomic E-state index is 0.115. The summed E-state index contributed by atoms with van der Waals surface area (Å²) in [6, 6.07) is 64.7. The minimum Gasteiger partial charge on any atom is -0.396 e. The summed E-state index contributed by atoms with van der Waals surface area (Å²) >= 11 is 0. The van der Waals surface area contributed by atoms with Gasteiger partial charge in [-0.1, -0.05) is 194 Å². The Morgan fingerprint density at radius 2 is 1.08 bits per heavy atom. The predicted octanol–water partition coefficient (Wildman–Crippen LogP) is 11.2. The van der Waals surface area contributed by atoms with E-state index in [0.717, 1.165) is 39.2 Å². The molecule has 4 N–H and O–H groups in total. The van der Waals surface area contributed by atoms with Gasteiger partial charge in [0.05, 0.1) is 16.8 Å². The van der Waals surface area contributed by atoms with Crippen molar-refractivity contribution in [3.8, 4) is 33.6 Å². The Bertz CT molecular complexity index is 3070. The molecule has 1 atom stereocenters. The molecular weight excluding hydrogens is 745 g/mol. The summed E-state index contributed by atoms with van der Waals surface area (Å²) in [5.41, 5.74) is 30.6. The van der Waals surface area contributed by atoms with Gasteiger partial charge in [-0.2, -0.15) is 0 Å². The maximum Gasteiger partial charge on any atom is 0.158 e. The van der Waals surface area contributed by atoms with E-state index >= 15 is 0 Å². The fourth-order valence-corrected chi connectivity index (χ4v) is 9.66. The maximum atomic E-state index is 7.09. The highest BCUT2D eigenvalue weighted by Gasteiger charge is 2.53. The molecule has 3 aliphatic carbocycles. The molecule has 290 valence electrons. The number of allylic oxidation sites excluding steroid dienone is 4. The van der Waals surface area contributed by atoms with Gasteiger partial charge in [0.25, 0.3) is 0 Å². The second-order valence-electron chi connectivity index (χ2n) is 15.8. The summed E-state index contributed by atoms with van der Waals surface area (Å²) in [7, 11) is 0. The van der Waals surface area contributed by atoms with E-state index in [-0.39, 0.29) is 5.92 Å². The molecule has 0 fully saturated rings. The van der Waals surface area contributed by atoms with Crippen LogP contribution in [0.3, 0.4) is 0 Å². The molecule has 7 aromatic carbocycles. The van der Waals surface area contributed by atoms with Crippen LogP contribution in [-0.2, 0) is 5.41 Å². The zero-order valence-electron chi connectivity index (χ0n) is 33.3. The van der Waals surface area contributed by atoms with Crippen molar-refractivity contribution in [3.63, 3.8) is 0 Å². The van der Waals surface area contributed by atoms with Crippen molar-refractivity contribution in [2.75, 3.05) is 0 Å². The Morgan fingerprint density at radius 3 is 1.72 bits per heavy atom. The van der Waals surface area contributed by atoms with Crippen LogP contribution in [0.5, 0.6) is 0 Å². The summed E-state index contributed by atoms with van der Waals surface area (Å²) in [6.07, 6.45) is 5.25. The van der Waals surface area contributed by atoms with Crippen molar-refractivity contribution in [2.24, 2.45) is 16.5 Å². The highest BCUT2D eigenvalue weighted by molar-refractivity contribution is 6.05. The Labute approximate surface area is 355 Å². The fraction of sp³-hybridized carbons (Fsp3) is 0.0545. The van der Waals surface area contributed by atoms with Crippen LogP contribution in [0.25, 0.3) is 50.6 Å². The topological polar surface area (TPSA) is 103 Å². The van der Waals surface area contributed by atoms with Crippen LogP contribution in [0.2, 0.25) is 0 Å². The number of hydrogen-bond donors (Lipinski definition) is 2. The van der Waals surface area contributed by atoms with Crippen LogP contribution < -0.4 is 11.5 Å². The number of nitrogens with zero attached hydrogens (tertiary/aromatic N) is 4. The third-order valence-electron chi connectivity index (χ3n) is 12.4. The fourth-order valence-electron chi connectivity index (χ4n) is 9.66. The second-order valence-corrected chi connectivity index (χ2v) is 15.8. The van der Waals surface area contributed by atoms with E-state index in [1.165, 1.54) is 44.5 Å². The van der Waals surface area contributed by atoms with Gasteiger partial charge in [0.2, 0.25) is 0 Å². The maximum absolute atomic E-state index is 7.09. The molecule has 0 amide bonds. The van der Waals surface area contributed by atoms with Crippen molar-refractivity contribution in [1.82, 2.24) is 15.2 Å². The van der Waals surface area contributed by atoms with Crippen LogP contribution in [0, 0.1) is 0 Å². The quantitative estimate of drug-likeness (QED) is 0.0951. The van der Waals surface area contributed by atoms with Crippen molar-refractivity contribution in [2.45, 2.75) is 17.8 Å². The Hall–Kier alpha value is -7.96. The molecule has 1 aromatic heterocycles. The first-order valence-electron chi connectivity index (χ1n) is 20.7.